The predicted molar refractivity (Wildman–Crippen MR) is 70.0 cm³/mol. The summed E-state index contributed by atoms with van der Waals surface area (Å²) in [6, 6.07) is 1.66. The van der Waals surface area contributed by atoms with Crippen LogP contribution in [0.4, 0.5) is 0 Å². The van der Waals surface area contributed by atoms with Crippen molar-refractivity contribution in [1.82, 2.24) is 4.72 Å². The van der Waals surface area contributed by atoms with Crippen molar-refractivity contribution >= 4 is 37.3 Å². The van der Waals surface area contributed by atoms with E-state index in [1.807, 2.05) is 6.92 Å². The maximum Gasteiger partial charge on any atom is 0.250 e. The molecule has 16 heavy (non-hydrogen) atoms. The van der Waals surface area contributed by atoms with E-state index >= 15 is 0 Å². The molecule has 3 nitrogen and oxygen atoms in total. The van der Waals surface area contributed by atoms with Gasteiger partial charge in [0.1, 0.15) is 4.21 Å². The Kier molecular flexibility index (Phi) is 4.99. The fourth-order valence-electron chi connectivity index (χ4n) is 1.01. The number of rotatable bonds is 4. The zero-order chi connectivity index (χ0) is 12.2. The molecule has 1 aromatic heterocycles. The van der Waals surface area contributed by atoms with Crippen molar-refractivity contribution in [3.63, 3.8) is 0 Å². The van der Waals surface area contributed by atoms with Crippen molar-refractivity contribution < 1.29 is 8.42 Å². The van der Waals surface area contributed by atoms with Crippen LogP contribution in [-0.4, -0.2) is 15.0 Å². The van der Waals surface area contributed by atoms with E-state index in [2.05, 4.69) is 32.5 Å². The van der Waals surface area contributed by atoms with Gasteiger partial charge in [0.15, 0.2) is 0 Å². The van der Waals surface area contributed by atoms with Gasteiger partial charge in [0.2, 0.25) is 10.0 Å². The Morgan fingerprint density at radius 3 is 2.75 bits per heavy atom. The van der Waals surface area contributed by atoms with E-state index in [1.165, 1.54) is 11.3 Å². The highest BCUT2D eigenvalue weighted by Gasteiger charge is 2.17. The van der Waals surface area contributed by atoms with Gasteiger partial charge in [0.05, 0.1) is 3.79 Å². The van der Waals surface area contributed by atoms with Crippen molar-refractivity contribution in [2.24, 2.45) is 0 Å². The van der Waals surface area contributed by atoms with Crippen molar-refractivity contribution in [3.8, 4) is 11.8 Å². The minimum atomic E-state index is -3.37. The van der Waals surface area contributed by atoms with E-state index < -0.39 is 10.0 Å². The first-order chi connectivity index (χ1) is 7.47. The molecule has 0 radical (unpaired) electrons. The maximum absolute atomic E-state index is 11.8. The molecule has 0 bridgehead atoms. The average Bonchev–Trinajstić information content (AvgIpc) is 2.55. The molecule has 0 saturated carbocycles. The molecule has 88 valence electrons. The molecular weight excluding hydrogens is 310 g/mol. The van der Waals surface area contributed by atoms with Crippen molar-refractivity contribution in [3.05, 3.63) is 15.4 Å². The fourth-order valence-corrected chi connectivity index (χ4v) is 4.31. The summed E-state index contributed by atoms with van der Waals surface area (Å²) in [5.41, 5.74) is 0.929. The van der Waals surface area contributed by atoms with E-state index in [4.69, 9.17) is 0 Å². The number of thiophene rings is 1. The summed E-state index contributed by atoms with van der Waals surface area (Å²) in [6.45, 7) is 3.94. The summed E-state index contributed by atoms with van der Waals surface area (Å²) in [5.74, 6) is 5.52. The first kappa shape index (κ1) is 13.7. The second kappa shape index (κ2) is 5.82. The van der Waals surface area contributed by atoms with Crippen molar-refractivity contribution in [2.45, 2.75) is 24.5 Å². The van der Waals surface area contributed by atoms with Gasteiger partial charge in [-0.3, -0.25) is 0 Å². The molecule has 1 rings (SSSR count). The molecule has 6 heteroatoms. The molecule has 1 heterocycles. The minimum Gasteiger partial charge on any atom is -0.209 e. The van der Waals surface area contributed by atoms with Gasteiger partial charge in [-0.2, -0.15) is 0 Å². The Morgan fingerprint density at radius 1 is 1.56 bits per heavy atom. The third-order valence-corrected chi connectivity index (χ3v) is 5.89. The molecule has 1 N–H and O–H groups in total. The van der Waals surface area contributed by atoms with Crippen molar-refractivity contribution in [1.29, 1.82) is 0 Å². The van der Waals surface area contributed by atoms with Crippen LogP contribution >= 0.6 is 27.3 Å². The van der Waals surface area contributed by atoms with Gasteiger partial charge in [-0.15, -0.1) is 23.2 Å². The van der Waals surface area contributed by atoms with Crippen LogP contribution < -0.4 is 4.72 Å². The Balaban J connectivity index is 2.73. The second-order valence-electron chi connectivity index (χ2n) is 3.10. The molecule has 0 aliphatic carbocycles. The number of halogens is 1. The van der Waals surface area contributed by atoms with Gasteiger partial charge in [-0.25, -0.2) is 13.1 Å². The maximum atomic E-state index is 11.8. The average molecular weight is 322 g/mol. The fraction of sp³-hybridized carbons (Fsp3) is 0.400. The molecule has 0 saturated heterocycles. The van der Waals surface area contributed by atoms with E-state index in [1.54, 1.807) is 13.0 Å². The molecule has 0 fully saturated rings. The second-order valence-corrected chi connectivity index (χ2v) is 7.46. The molecule has 0 amide bonds. The van der Waals surface area contributed by atoms with Gasteiger partial charge in [-0.05, 0) is 41.4 Å². The lowest BCUT2D eigenvalue weighted by atomic mass is 10.4. The van der Waals surface area contributed by atoms with Crippen LogP contribution in [0.25, 0.3) is 0 Å². The largest absolute Gasteiger partial charge is 0.250 e. The van der Waals surface area contributed by atoms with E-state index in [0.29, 0.717) is 17.2 Å². The summed E-state index contributed by atoms with van der Waals surface area (Å²) in [5, 5.41) is 0. The first-order valence-corrected chi connectivity index (χ1v) is 7.72. The van der Waals surface area contributed by atoms with Gasteiger partial charge < -0.3 is 0 Å². The van der Waals surface area contributed by atoms with Gasteiger partial charge in [-0.1, -0.05) is 0 Å². The number of aryl methyl sites for hydroxylation is 1. The van der Waals surface area contributed by atoms with E-state index in [9.17, 15) is 8.42 Å². The topological polar surface area (TPSA) is 46.2 Å². The Bertz CT molecular complexity index is 503. The number of hydrogen-bond donors (Lipinski definition) is 1. The normalized spacial score (nSPS) is 10.9. The smallest absolute Gasteiger partial charge is 0.209 e. The highest BCUT2D eigenvalue weighted by Crippen LogP contribution is 2.30. The van der Waals surface area contributed by atoms with Crippen LogP contribution in [0.5, 0.6) is 0 Å². The summed E-state index contributed by atoms with van der Waals surface area (Å²) >= 11 is 4.52. The van der Waals surface area contributed by atoms with Crippen LogP contribution in [0.2, 0.25) is 0 Å². The molecule has 0 unspecified atom stereocenters. The molecule has 0 aromatic carbocycles. The molecule has 1 aromatic rings. The van der Waals surface area contributed by atoms with Crippen LogP contribution in [0.15, 0.2) is 14.1 Å². The lowest BCUT2D eigenvalue weighted by Gasteiger charge is -2.01. The minimum absolute atomic E-state index is 0.335. The molecule has 0 atom stereocenters. The van der Waals surface area contributed by atoms with Crippen LogP contribution in [0, 0.1) is 18.8 Å². The summed E-state index contributed by atoms with van der Waals surface area (Å²) in [6.07, 6.45) is 0.529. The van der Waals surface area contributed by atoms with Crippen LogP contribution in [0.3, 0.4) is 0 Å². The Morgan fingerprint density at radius 2 is 2.25 bits per heavy atom. The summed E-state index contributed by atoms with van der Waals surface area (Å²) < 4.78 is 27.3. The Hall–Kier alpha value is -0.350. The van der Waals surface area contributed by atoms with Crippen molar-refractivity contribution in [2.75, 3.05) is 6.54 Å². The monoisotopic (exact) mass is 321 g/mol. The summed E-state index contributed by atoms with van der Waals surface area (Å²) in [4.78, 5) is 0. The predicted octanol–water partition coefficient (Wildman–Crippen LogP) is 2.51. The highest BCUT2D eigenvalue weighted by atomic mass is 79.9. The van der Waals surface area contributed by atoms with E-state index in [0.717, 1.165) is 9.35 Å². The zero-order valence-corrected chi connectivity index (χ0v) is 12.2. The zero-order valence-electron chi connectivity index (χ0n) is 9.00. The SMILES string of the molecule is CC#CCCNS(=O)(=O)c1cc(C)c(Br)s1. The van der Waals surface area contributed by atoms with Gasteiger partial charge >= 0.3 is 0 Å². The van der Waals surface area contributed by atoms with E-state index in [-0.39, 0.29) is 0 Å². The third kappa shape index (κ3) is 3.59. The lowest BCUT2D eigenvalue weighted by Crippen LogP contribution is -2.23. The number of sulfonamides is 1. The molecule has 0 spiro atoms. The lowest BCUT2D eigenvalue weighted by molar-refractivity contribution is 0.584. The van der Waals surface area contributed by atoms with Gasteiger partial charge in [0.25, 0.3) is 0 Å². The first-order valence-electron chi connectivity index (χ1n) is 4.62. The Labute approximate surface area is 108 Å². The van der Waals surface area contributed by atoms with Gasteiger partial charge in [0, 0.05) is 13.0 Å². The number of hydrogen-bond acceptors (Lipinski definition) is 3. The quantitative estimate of drug-likeness (QED) is 0.684. The standard InChI is InChI=1S/C10H12BrNO2S2/c1-3-4-5-6-12-16(13,14)9-7-8(2)10(11)15-9/h7,12H,5-6H2,1-2H3. The number of nitrogens with one attached hydrogen (secondary N) is 1. The third-order valence-electron chi connectivity index (χ3n) is 1.82. The van der Waals surface area contributed by atoms with Crippen LogP contribution in [0.1, 0.15) is 18.9 Å². The molecular formula is C10H12BrNO2S2. The highest BCUT2D eigenvalue weighted by molar-refractivity contribution is 9.11. The van der Waals surface area contributed by atoms with Crippen LogP contribution in [-0.2, 0) is 10.0 Å². The molecule has 0 aliphatic rings. The summed E-state index contributed by atoms with van der Waals surface area (Å²) in [7, 11) is -3.37. The molecule has 0 aliphatic heterocycles.